The Bertz CT molecular complexity index is 538. The first kappa shape index (κ1) is 12.4. The van der Waals surface area contributed by atoms with Crippen molar-refractivity contribution in [2.75, 3.05) is 6.61 Å². The zero-order chi connectivity index (χ0) is 13.0. The highest BCUT2D eigenvalue weighted by molar-refractivity contribution is 5.93. The molecule has 1 aromatic rings. The molecule has 0 saturated heterocycles. The number of hydrogen-bond acceptors (Lipinski definition) is 3. The van der Waals surface area contributed by atoms with E-state index < -0.39 is 5.97 Å². The number of carbonyl (C=O) groups excluding carboxylic acids is 1. The first-order valence-electron chi connectivity index (χ1n) is 6.12. The van der Waals surface area contributed by atoms with Crippen molar-refractivity contribution < 1.29 is 9.53 Å². The molecule has 92 valence electrons. The molecule has 3 heteroatoms. The van der Waals surface area contributed by atoms with E-state index in [1.165, 1.54) is 11.1 Å². The summed E-state index contributed by atoms with van der Waals surface area (Å²) in [5.41, 5.74) is 3.60. The van der Waals surface area contributed by atoms with Crippen LogP contribution in [0.4, 0.5) is 0 Å². The van der Waals surface area contributed by atoms with Crippen LogP contribution in [0.25, 0.3) is 0 Å². The maximum absolute atomic E-state index is 11.7. The van der Waals surface area contributed by atoms with Gasteiger partial charge in [0.2, 0.25) is 0 Å². The molecule has 18 heavy (non-hydrogen) atoms. The minimum Gasteiger partial charge on any atom is -0.462 e. The molecule has 0 aliphatic heterocycles. The summed E-state index contributed by atoms with van der Waals surface area (Å²) in [4.78, 5) is 11.7. The Morgan fingerprint density at radius 2 is 2.06 bits per heavy atom. The van der Waals surface area contributed by atoms with Crippen LogP contribution in [0.15, 0.2) is 35.4 Å². The lowest BCUT2D eigenvalue weighted by molar-refractivity contribution is -0.138. The third kappa shape index (κ3) is 2.43. The van der Waals surface area contributed by atoms with E-state index in [-0.39, 0.29) is 5.57 Å². The van der Waals surface area contributed by atoms with Crippen LogP contribution in [0.2, 0.25) is 0 Å². The normalized spacial score (nSPS) is 16.4. The Kier molecular flexibility index (Phi) is 3.78. The molecular formula is C15H15NO2. The van der Waals surface area contributed by atoms with E-state index in [4.69, 9.17) is 10.00 Å². The van der Waals surface area contributed by atoms with Gasteiger partial charge >= 0.3 is 5.97 Å². The summed E-state index contributed by atoms with van der Waals surface area (Å²) in [5, 5.41) is 9.11. The number of rotatable bonds is 2. The van der Waals surface area contributed by atoms with E-state index in [2.05, 4.69) is 12.1 Å². The van der Waals surface area contributed by atoms with Crippen molar-refractivity contribution >= 4 is 5.97 Å². The zero-order valence-corrected chi connectivity index (χ0v) is 10.4. The topological polar surface area (TPSA) is 50.1 Å². The van der Waals surface area contributed by atoms with E-state index in [0.29, 0.717) is 13.0 Å². The number of nitrogens with zero attached hydrogens (tertiary/aromatic N) is 1. The molecular weight excluding hydrogens is 226 g/mol. The van der Waals surface area contributed by atoms with E-state index in [9.17, 15) is 4.79 Å². The van der Waals surface area contributed by atoms with Crippen LogP contribution in [0.1, 0.15) is 24.5 Å². The van der Waals surface area contributed by atoms with E-state index in [1.807, 2.05) is 18.2 Å². The Balaban J connectivity index is 2.30. The van der Waals surface area contributed by atoms with Crippen molar-refractivity contribution in [2.45, 2.75) is 26.2 Å². The van der Waals surface area contributed by atoms with E-state index in [0.717, 1.165) is 18.4 Å². The quantitative estimate of drug-likeness (QED) is 0.454. The molecule has 0 bridgehead atoms. The molecule has 0 aromatic heterocycles. The number of aryl methyl sites for hydroxylation is 1. The van der Waals surface area contributed by atoms with Gasteiger partial charge in [0.1, 0.15) is 11.6 Å². The number of nitriles is 1. The smallest absolute Gasteiger partial charge is 0.348 e. The number of hydrogen-bond donors (Lipinski definition) is 0. The SMILES string of the molecule is CCOC(=O)C(C#N)=C1CCc2ccccc2C1. The van der Waals surface area contributed by atoms with Crippen molar-refractivity contribution in [3.8, 4) is 6.07 Å². The maximum Gasteiger partial charge on any atom is 0.348 e. The lowest BCUT2D eigenvalue weighted by Gasteiger charge is -2.19. The van der Waals surface area contributed by atoms with Crippen LogP contribution >= 0.6 is 0 Å². The van der Waals surface area contributed by atoms with Crippen molar-refractivity contribution in [2.24, 2.45) is 0 Å². The van der Waals surface area contributed by atoms with Gasteiger partial charge in [-0.25, -0.2) is 4.79 Å². The summed E-state index contributed by atoms with van der Waals surface area (Å²) in [6.07, 6.45) is 2.33. The van der Waals surface area contributed by atoms with Gasteiger partial charge in [0.15, 0.2) is 0 Å². The third-order valence-corrected chi connectivity index (χ3v) is 3.16. The molecule has 1 aliphatic rings. The van der Waals surface area contributed by atoms with Gasteiger partial charge in [0.05, 0.1) is 6.61 Å². The minimum absolute atomic E-state index is 0.186. The van der Waals surface area contributed by atoms with Gasteiger partial charge in [-0.2, -0.15) is 5.26 Å². The molecule has 0 radical (unpaired) electrons. The number of fused-ring (bicyclic) bond motifs is 1. The number of ether oxygens (including phenoxy) is 1. The second-order valence-corrected chi connectivity index (χ2v) is 4.26. The Morgan fingerprint density at radius 1 is 1.33 bits per heavy atom. The van der Waals surface area contributed by atoms with Gasteiger partial charge in [0, 0.05) is 0 Å². The van der Waals surface area contributed by atoms with Crippen LogP contribution in [0.3, 0.4) is 0 Å². The van der Waals surface area contributed by atoms with Crippen LogP contribution in [0, 0.1) is 11.3 Å². The largest absolute Gasteiger partial charge is 0.462 e. The molecule has 0 atom stereocenters. The van der Waals surface area contributed by atoms with E-state index >= 15 is 0 Å². The fraction of sp³-hybridized carbons (Fsp3) is 0.333. The average Bonchev–Trinajstić information content (AvgIpc) is 2.40. The molecule has 0 saturated carbocycles. The van der Waals surface area contributed by atoms with Crippen LogP contribution in [-0.2, 0) is 22.4 Å². The van der Waals surface area contributed by atoms with Crippen molar-refractivity contribution in [1.29, 1.82) is 5.26 Å². The minimum atomic E-state index is -0.491. The van der Waals surface area contributed by atoms with Crippen molar-refractivity contribution in [3.63, 3.8) is 0 Å². The molecule has 0 N–H and O–H groups in total. The molecule has 0 spiro atoms. The fourth-order valence-corrected chi connectivity index (χ4v) is 2.26. The summed E-state index contributed by atoms with van der Waals surface area (Å²) in [6.45, 7) is 2.04. The second-order valence-electron chi connectivity index (χ2n) is 4.26. The lowest BCUT2D eigenvalue weighted by atomic mass is 9.86. The predicted molar refractivity (Wildman–Crippen MR) is 67.7 cm³/mol. The van der Waals surface area contributed by atoms with Gasteiger partial charge in [-0.05, 0) is 42.9 Å². The first-order valence-corrected chi connectivity index (χ1v) is 6.12. The molecule has 0 amide bonds. The van der Waals surface area contributed by atoms with Gasteiger partial charge in [-0.3, -0.25) is 0 Å². The molecule has 3 nitrogen and oxygen atoms in total. The highest BCUT2D eigenvalue weighted by Crippen LogP contribution is 2.27. The molecule has 2 rings (SSSR count). The van der Waals surface area contributed by atoms with Crippen LogP contribution in [0.5, 0.6) is 0 Å². The monoisotopic (exact) mass is 241 g/mol. The highest BCUT2D eigenvalue weighted by atomic mass is 16.5. The standard InChI is InChI=1S/C15H15NO2/c1-2-18-15(17)14(10-16)13-8-7-11-5-3-4-6-12(11)9-13/h3-6H,2,7-9H2,1H3. The lowest BCUT2D eigenvalue weighted by Crippen LogP contribution is -2.14. The molecule has 1 aromatic carbocycles. The Labute approximate surface area is 107 Å². The van der Waals surface area contributed by atoms with Crippen molar-refractivity contribution in [1.82, 2.24) is 0 Å². The van der Waals surface area contributed by atoms with Crippen LogP contribution < -0.4 is 0 Å². The first-order chi connectivity index (χ1) is 8.76. The maximum atomic E-state index is 11.7. The summed E-state index contributed by atoms with van der Waals surface area (Å²) in [6, 6.07) is 10.1. The van der Waals surface area contributed by atoms with Gasteiger partial charge in [-0.1, -0.05) is 24.3 Å². The Hall–Kier alpha value is -2.08. The average molecular weight is 241 g/mol. The second kappa shape index (κ2) is 5.50. The number of benzene rings is 1. The Morgan fingerprint density at radius 3 is 2.72 bits per heavy atom. The number of allylic oxidation sites excluding steroid dienone is 1. The molecule has 1 aliphatic carbocycles. The van der Waals surface area contributed by atoms with E-state index in [1.54, 1.807) is 6.92 Å². The fourth-order valence-electron chi connectivity index (χ4n) is 2.26. The number of carbonyl (C=O) groups is 1. The summed E-state index contributed by atoms with van der Waals surface area (Å²) in [5.74, 6) is -0.491. The summed E-state index contributed by atoms with van der Waals surface area (Å²) in [7, 11) is 0. The molecule has 0 fully saturated rings. The number of esters is 1. The van der Waals surface area contributed by atoms with Crippen LogP contribution in [-0.4, -0.2) is 12.6 Å². The summed E-state index contributed by atoms with van der Waals surface area (Å²) >= 11 is 0. The molecule has 0 unspecified atom stereocenters. The third-order valence-electron chi connectivity index (χ3n) is 3.16. The molecule has 0 heterocycles. The van der Waals surface area contributed by atoms with Gasteiger partial charge < -0.3 is 4.74 Å². The summed E-state index contributed by atoms with van der Waals surface area (Å²) < 4.78 is 4.92. The van der Waals surface area contributed by atoms with Gasteiger partial charge in [-0.15, -0.1) is 0 Å². The van der Waals surface area contributed by atoms with Crippen molar-refractivity contribution in [3.05, 3.63) is 46.5 Å². The predicted octanol–water partition coefficient (Wildman–Crippen LogP) is 2.56. The zero-order valence-electron chi connectivity index (χ0n) is 10.4. The van der Waals surface area contributed by atoms with Gasteiger partial charge in [0.25, 0.3) is 0 Å². The highest BCUT2D eigenvalue weighted by Gasteiger charge is 2.20.